The van der Waals surface area contributed by atoms with Crippen LogP contribution >= 0.6 is 12.2 Å². The maximum atomic E-state index is 12.5. The zero-order valence-corrected chi connectivity index (χ0v) is 16.9. The molecule has 27 heavy (non-hydrogen) atoms. The van der Waals surface area contributed by atoms with Gasteiger partial charge in [0.1, 0.15) is 0 Å². The summed E-state index contributed by atoms with van der Waals surface area (Å²) in [4.78, 5) is 0.126. The van der Waals surface area contributed by atoms with Crippen molar-refractivity contribution in [3.63, 3.8) is 0 Å². The Morgan fingerprint density at radius 1 is 1.00 bits per heavy atom. The van der Waals surface area contributed by atoms with Crippen LogP contribution in [0.1, 0.15) is 17.0 Å². The molecular weight excluding hydrogens is 380 g/mol. The van der Waals surface area contributed by atoms with Gasteiger partial charge in [-0.3, -0.25) is 4.72 Å². The predicted molar refractivity (Wildman–Crippen MR) is 111 cm³/mol. The Morgan fingerprint density at radius 3 is 2.19 bits per heavy atom. The molecule has 0 atom stereocenters. The quantitative estimate of drug-likeness (QED) is 0.656. The number of benzene rings is 2. The van der Waals surface area contributed by atoms with Gasteiger partial charge in [0.05, 0.1) is 16.3 Å². The summed E-state index contributed by atoms with van der Waals surface area (Å²) in [6.45, 7) is 5.83. The number of aryl methyl sites for hydroxylation is 3. The Kier molecular flexibility index (Phi) is 5.29. The molecule has 0 aliphatic rings. The molecule has 6 nitrogen and oxygen atoms in total. The van der Waals surface area contributed by atoms with Gasteiger partial charge in [0, 0.05) is 11.4 Å². The van der Waals surface area contributed by atoms with Crippen LogP contribution in [0, 0.1) is 20.8 Å². The first-order valence-corrected chi connectivity index (χ1v) is 10.2. The summed E-state index contributed by atoms with van der Waals surface area (Å²) >= 11 is 5.12. The van der Waals surface area contributed by atoms with Crippen LogP contribution in [0.3, 0.4) is 0 Å². The lowest BCUT2D eigenvalue weighted by Gasteiger charge is -2.12. The molecule has 0 unspecified atom stereocenters. The van der Waals surface area contributed by atoms with E-state index in [0.29, 0.717) is 5.69 Å². The second kappa shape index (κ2) is 7.50. The van der Waals surface area contributed by atoms with Crippen molar-refractivity contribution in [1.29, 1.82) is 0 Å². The second-order valence-corrected chi connectivity index (χ2v) is 8.35. The van der Waals surface area contributed by atoms with Crippen molar-refractivity contribution >= 4 is 33.0 Å². The minimum atomic E-state index is -3.78. The standard InChI is InChI=1S/C19H20N4O2S2/c1-13-4-6-16(7-5-13)20-19(26)22-27(24,25)18-10-8-17(9-11-18)23-15(3)12-14(2)21-23/h4-12H,1-3H3,(H2,20,22,26). The molecule has 8 heteroatoms. The molecule has 3 aromatic rings. The van der Waals surface area contributed by atoms with Gasteiger partial charge in [0.15, 0.2) is 5.11 Å². The lowest BCUT2D eigenvalue weighted by atomic mass is 10.2. The van der Waals surface area contributed by atoms with Gasteiger partial charge >= 0.3 is 0 Å². The summed E-state index contributed by atoms with van der Waals surface area (Å²) in [6, 6.07) is 15.9. The Hall–Kier alpha value is -2.71. The topological polar surface area (TPSA) is 76.0 Å². The maximum absolute atomic E-state index is 12.5. The maximum Gasteiger partial charge on any atom is 0.263 e. The van der Waals surface area contributed by atoms with Crippen LogP contribution in [0.5, 0.6) is 0 Å². The van der Waals surface area contributed by atoms with Crippen molar-refractivity contribution in [3.8, 4) is 5.69 Å². The zero-order valence-electron chi connectivity index (χ0n) is 15.2. The van der Waals surface area contributed by atoms with Crippen molar-refractivity contribution in [2.45, 2.75) is 25.7 Å². The van der Waals surface area contributed by atoms with Crippen LogP contribution in [0.15, 0.2) is 59.5 Å². The van der Waals surface area contributed by atoms with E-state index in [1.807, 2.05) is 51.1 Å². The number of thiocarbonyl (C=S) groups is 1. The van der Waals surface area contributed by atoms with E-state index in [2.05, 4.69) is 15.1 Å². The van der Waals surface area contributed by atoms with Crippen molar-refractivity contribution < 1.29 is 8.42 Å². The van der Waals surface area contributed by atoms with E-state index in [1.165, 1.54) is 12.1 Å². The monoisotopic (exact) mass is 400 g/mol. The van der Waals surface area contributed by atoms with Crippen LogP contribution in [0.25, 0.3) is 5.69 Å². The molecule has 2 N–H and O–H groups in total. The number of hydrogen-bond donors (Lipinski definition) is 2. The first kappa shape index (κ1) is 19.1. The van der Waals surface area contributed by atoms with Gasteiger partial charge in [-0.1, -0.05) is 17.7 Å². The third kappa shape index (κ3) is 4.53. The molecule has 0 fully saturated rings. The molecular formula is C19H20N4O2S2. The summed E-state index contributed by atoms with van der Waals surface area (Å²) in [7, 11) is -3.78. The zero-order chi connectivity index (χ0) is 19.6. The lowest BCUT2D eigenvalue weighted by Crippen LogP contribution is -2.34. The third-order valence-electron chi connectivity index (χ3n) is 3.94. The Labute approximate surface area is 164 Å². The highest BCUT2D eigenvalue weighted by molar-refractivity contribution is 7.92. The first-order valence-electron chi connectivity index (χ1n) is 8.29. The number of hydrogen-bond acceptors (Lipinski definition) is 4. The summed E-state index contributed by atoms with van der Waals surface area (Å²) < 4.78 is 29.2. The lowest BCUT2D eigenvalue weighted by molar-refractivity contribution is 0.593. The van der Waals surface area contributed by atoms with E-state index >= 15 is 0 Å². The highest BCUT2D eigenvalue weighted by Crippen LogP contribution is 2.16. The van der Waals surface area contributed by atoms with Gasteiger partial charge in [0.2, 0.25) is 0 Å². The third-order valence-corrected chi connectivity index (χ3v) is 5.64. The summed E-state index contributed by atoms with van der Waals surface area (Å²) in [5.74, 6) is 0. The summed E-state index contributed by atoms with van der Waals surface area (Å²) in [5, 5.41) is 7.28. The Balaban J connectivity index is 1.73. The molecule has 0 spiro atoms. The molecule has 1 aromatic heterocycles. The van der Waals surface area contributed by atoms with Gasteiger partial charge in [0.25, 0.3) is 10.0 Å². The van der Waals surface area contributed by atoms with Gasteiger partial charge in [-0.05, 0) is 75.5 Å². The van der Waals surface area contributed by atoms with Crippen LogP contribution in [-0.2, 0) is 10.0 Å². The highest BCUT2D eigenvalue weighted by Gasteiger charge is 2.16. The van der Waals surface area contributed by atoms with Gasteiger partial charge < -0.3 is 5.32 Å². The Morgan fingerprint density at radius 2 is 1.63 bits per heavy atom. The fraction of sp³-hybridized carbons (Fsp3) is 0.158. The van der Waals surface area contributed by atoms with Crippen LogP contribution in [0.4, 0.5) is 5.69 Å². The molecule has 0 radical (unpaired) electrons. The van der Waals surface area contributed by atoms with Crippen LogP contribution in [-0.4, -0.2) is 23.3 Å². The number of nitrogens with one attached hydrogen (secondary N) is 2. The molecule has 0 bridgehead atoms. The van der Waals surface area contributed by atoms with E-state index in [-0.39, 0.29) is 10.0 Å². The predicted octanol–water partition coefficient (Wildman–Crippen LogP) is 3.47. The molecule has 1 heterocycles. The SMILES string of the molecule is Cc1ccc(NC(=S)NS(=O)(=O)c2ccc(-n3nc(C)cc3C)cc2)cc1. The molecule has 0 amide bonds. The van der Waals surface area contributed by atoms with Gasteiger partial charge in [-0.2, -0.15) is 5.10 Å². The number of sulfonamides is 1. The second-order valence-electron chi connectivity index (χ2n) is 6.26. The van der Waals surface area contributed by atoms with Gasteiger partial charge in [-0.25, -0.2) is 13.1 Å². The summed E-state index contributed by atoms with van der Waals surface area (Å²) in [5.41, 5.74) is 4.49. The van der Waals surface area contributed by atoms with E-state index < -0.39 is 10.0 Å². The van der Waals surface area contributed by atoms with Gasteiger partial charge in [-0.15, -0.1) is 0 Å². The van der Waals surface area contributed by atoms with Crippen molar-refractivity contribution in [1.82, 2.24) is 14.5 Å². The smallest absolute Gasteiger partial charge is 0.263 e. The average Bonchev–Trinajstić information content (AvgIpc) is 2.95. The first-order chi connectivity index (χ1) is 12.7. The minimum Gasteiger partial charge on any atom is -0.332 e. The number of anilines is 1. The van der Waals surface area contributed by atoms with E-state index in [0.717, 1.165) is 22.6 Å². The van der Waals surface area contributed by atoms with E-state index in [1.54, 1.807) is 16.8 Å². The van der Waals surface area contributed by atoms with Crippen LogP contribution < -0.4 is 10.0 Å². The molecule has 0 saturated heterocycles. The summed E-state index contributed by atoms with van der Waals surface area (Å²) in [6.07, 6.45) is 0. The van der Waals surface area contributed by atoms with Crippen LogP contribution in [0.2, 0.25) is 0 Å². The number of aromatic nitrogens is 2. The fourth-order valence-corrected chi connectivity index (χ4v) is 3.99. The molecule has 0 aliphatic carbocycles. The largest absolute Gasteiger partial charge is 0.332 e. The van der Waals surface area contributed by atoms with E-state index in [4.69, 9.17) is 12.2 Å². The van der Waals surface area contributed by atoms with Crippen molar-refractivity contribution in [3.05, 3.63) is 71.5 Å². The Bertz CT molecular complexity index is 1070. The number of nitrogens with zero attached hydrogens (tertiary/aromatic N) is 2. The van der Waals surface area contributed by atoms with Crippen molar-refractivity contribution in [2.75, 3.05) is 5.32 Å². The molecule has 140 valence electrons. The van der Waals surface area contributed by atoms with E-state index in [9.17, 15) is 8.42 Å². The fourth-order valence-electron chi connectivity index (χ4n) is 2.63. The minimum absolute atomic E-state index is 0.0153. The average molecular weight is 401 g/mol. The molecule has 3 rings (SSSR count). The molecule has 0 saturated carbocycles. The highest BCUT2D eigenvalue weighted by atomic mass is 32.2. The molecule has 0 aliphatic heterocycles. The van der Waals surface area contributed by atoms with Crippen molar-refractivity contribution in [2.24, 2.45) is 0 Å². The number of rotatable bonds is 4. The molecule has 2 aromatic carbocycles. The normalized spacial score (nSPS) is 11.2.